The molecule has 0 aliphatic heterocycles. The van der Waals surface area contributed by atoms with Crippen LogP contribution >= 0.6 is 0 Å². The summed E-state index contributed by atoms with van der Waals surface area (Å²) in [6.45, 7) is 10.1. The molecule has 1 heteroatoms. The predicted molar refractivity (Wildman–Crippen MR) is 61.9 cm³/mol. The summed E-state index contributed by atoms with van der Waals surface area (Å²) in [6.07, 6.45) is 8.33. The molecule has 1 atom stereocenters. The molecule has 0 fully saturated rings. The highest BCUT2D eigenvalue weighted by Crippen LogP contribution is 2.14. The lowest BCUT2D eigenvalue weighted by Gasteiger charge is -2.08. The predicted octanol–water partition coefficient (Wildman–Crippen LogP) is 3.61. The molecule has 0 nitrogen and oxygen atoms in total. The summed E-state index contributed by atoms with van der Waals surface area (Å²) in [6, 6.07) is 0. The Morgan fingerprint density at radius 1 is 1.54 bits per heavy atom. The van der Waals surface area contributed by atoms with E-state index >= 15 is 0 Å². The minimum Gasteiger partial charge on any atom is -0.0985 e. The molecule has 70 valence electrons. The summed E-state index contributed by atoms with van der Waals surface area (Å²) in [4.78, 5) is 0. The van der Waals surface area contributed by atoms with Crippen LogP contribution in [0.15, 0.2) is 35.9 Å². The van der Waals surface area contributed by atoms with Gasteiger partial charge in [-0.25, -0.2) is 0 Å². The van der Waals surface area contributed by atoms with Crippen molar-refractivity contribution < 1.29 is 0 Å². The van der Waals surface area contributed by atoms with Crippen LogP contribution in [0.5, 0.6) is 0 Å². The molecule has 13 heavy (non-hydrogen) atoms. The Labute approximate surface area is 83.8 Å². The highest BCUT2D eigenvalue weighted by molar-refractivity contribution is 6.24. The van der Waals surface area contributed by atoms with Crippen LogP contribution in [0.3, 0.4) is 0 Å². The molecule has 0 saturated carbocycles. The summed E-state index contributed by atoms with van der Waals surface area (Å²) < 4.78 is 0. The zero-order valence-electron chi connectivity index (χ0n) is 9.01. The summed E-state index contributed by atoms with van der Waals surface area (Å²) >= 11 is 0. The molecule has 0 rings (SSSR count). The molecule has 1 unspecified atom stereocenters. The molecule has 0 spiro atoms. The lowest BCUT2D eigenvalue weighted by atomic mass is 9.86. The fourth-order valence-electron chi connectivity index (χ4n) is 1.29. The first-order chi connectivity index (χ1) is 6.15. The highest BCUT2D eigenvalue weighted by Gasteiger charge is 1.99. The third-order valence-electron chi connectivity index (χ3n) is 2.07. The Balaban J connectivity index is 4.46. The Hall–Kier alpha value is -0.715. The largest absolute Gasteiger partial charge is 0.114 e. The van der Waals surface area contributed by atoms with Gasteiger partial charge >= 0.3 is 0 Å². The van der Waals surface area contributed by atoms with Crippen LogP contribution in [0, 0.1) is 5.92 Å². The zero-order valence-corrected chi connectivity index (χ0v) is 9.01. The van der Waals surface area contributed by atoms with E-state index in [1.54, 1.807) is 0 Å². The van der Waals surface area contributed by atoms with E-state index in [4.69, 9.17) is 7.85 Å². The van der Waals surface area contributed by atoms with Gasteiger partial charge in [0, 0.05) is 0 Å². The van der Waals surface area contributed by atoms with Crippen molar-refractivity contribution in [3.63, 3.8) is 0 Å². The summed E-state index contributed by atoms with van der Waals surface area (Å²) in [5, 5.41) is 0. The van der Waals surface area contributed by atoms with Gasteiger partial charge in [0.05, 0.1) is 0 Å². The fraction of sp³-hybridized carbons (Fsp3) is 0.500. The van der Waals surface area contributed by atoms with Crippen molar-refractivity contribution >= 4 is 7.85 Å². The first kappa shape index (κ1) is 12.3. The van der Waals surface area contributed by atoms with Gasteiger partial charge in [-0.2, -0.15) is 0 Å². The molecule has 0 saturated heterocycles. The van der Waals surface area contributed by atoms with Crippen molar-refractivity contribution in [1.82, 2.24) is 0 Å². The smallest absolute Gasteiger partial charge is 0.0985 e. The molecule has 0 aromatic rings. The number of hydrogen-bond donors (Lipinski definition) is 0. The van der Waals surface area contributed by atoms with Crippen LogP contribution in [-0.4, -0.2) is 7.85 Å². The maximum Gasteiger partial charge on any atom is 0.114 e. The Morgan fingerprint density at radius 3 is 2.54 bits per heavy atom. The lowest BCUT2D eigenvalue weighted by molar-refractivity contribution is 0.632. The lowest BCUT2D eigenvalue weighted by Crippen LogP contribution is -1.93. The molecule has 0 aliphatic carbocycles. The minimum absolute atomic E-state index is 0.580. The molecule has 0 heterocycles. The van der Waals surface area contributed by atoms with Crippen molar-refractivity contribution in [2.75, 3.05) is 0 Å². The van der Waals surface area contributed by atoms with Gasteiger partial charge in [0.25, 0.3) is 0 Å². The van der Waals surface area contributed by atoms with Gasteiger partial charge in [-0.1, -0.05) is 50.5 Å². The fourth-order valence-corrected chi connectivity index (χ4v) is 1.29. The van der Waals surface area contributed by atoms with E-state index in [9.17, 15) is 0 Å². The standard InChI is InChI=1S/C12H19B/c1-5-8-10(4)9-11(6-2)12(13)7-3/h6-7,9-10H,2,5,8H2,1,3-4H3/b11-9-,12-7+. The first-order valence-corrected chi connectivity index (χ1v) is 4.92. The van der Waals surface area contributed by atoms with Crippen LogP contribution in [0.1, 0.15) is 33.6 Å². The van der Waals surface area contributed by atoms with Gasteiger partial charge in [0.15, 0.2) is 0 Å². The number of rotatable bonds is 5. The molecular weight excluding hydrogens is 155 g/mol. The first-order valence-electron chi connectivity index (χ1n) is 4.92. The van der Waals surface area contributed by atoms with Gasteiger partial charge in [-0.3, -0.25) is 0 Å². The van der Waals surface area contributed by atoms with E-state index < -0.39 is 0 Å². The molecule has 0 N–H and O–H groups in total. The van der Waals surface area contributed by atoms with Crippen LogP contribution in [0.2, 0.25) is 0 Å². The molecule has 0 aromatic heterocycles. The third-order valence-corrected chi connectivity index (χ3v) is 2.07. The van der Waals surface area contributed by atoms with Crippen LogP contribution < -0.4 is 0 Å². The van der Waals surface area contributed by atoms with Crippen molar-refractivity contribution in [3.05, 3.63) is 35.9 Å². The second-order valence-electron chi connectivity index (χ2n) is 3.34. The summed E-state index contributed by atoms with van der Waals surface area (Å²) in [5.41, 5.74) is 1.88. The third kappa shape index (κ3) is 4.77. The van der Waals surface area contributed by atoms with Gasteiger partial charge < -0.3 is 0 Å². The number of hydrogen-bond acceptors (Lipinski definition) is 0. The second-order valence-corrected chi connectivity index (χ2v) is 3.34. The quantitative estimate of drug-likeness (QED) is 0.441. The monoisotopic (exact) mass is 174 g/mol. The van der Waals surface area contributed by atoms with Crippen molar-refractivity contribution in [3.8, 4) is 0 Å². The maximum absolute atomic E-state index is 5.79. The highest BCUT2D eigenvalue weighted by atomic mass is 14.0. The Bertz CT molecular complexity index is 211. The van der Waals surface area contributed by atoms with Crippen LogP contribution in [-0.2, 0) is 0 Å². The van der Waals surface area contributed by atoms with Gasteiger partial charge in [0.2, 0.25) is 0 Å². The molecule has 0 amide bonds. The average Bonchev–Trinajstić information content (AvgIpc) is 2.13. The van der Waals surface area contributed by atoms with Crippen molar-refractivity contribution in [1.29, 1.82) is 0 Å². The van der Waals surface area contributed by atoms with Crippen LogP contribution in [0.4, 0.5) is 0 Å². The molecular formula is C12H19B. The van der Waals surface area contributed by atoms with Crippen LogP contribution in [0.25, 0.3) is 0 Å². The van der Waals surface area contributed by atoms with E-state index in [0.717, 1.165) is 11.0 Å². The molecule has 0 aromatic carbocycles. The SMILES string of the molecule is [B]C(=C/C)/C(C=C)=C\C(C)CCC. The average molecular weight is 174 g/mol. The van der Waals surface area contributed by atoms with Gasteiger partial charge in [-0.05, 0) is 24.8 Å². The second kappa shape index (κ2) is 6.76. The Morgan fingerprint density at radius 2 is 2.15 bits per heavy atom. The molecule has 2 radical (unpaired) electrons. The van der Waals surface area contributed by atoms with Crippen molar-refractivity contribution in [2.24, 2.45) is 5.92 Å². The van der Waals surface area contributed by atoms with E-state index in [2.05, 4.69) is 26.5 Å². The topological polar surface area (TPSA) is 0 Å². The minimum atomic E-state index is 0.580. The van der Waals surface area contributed by atoms with Gasteiger partial charge in [0.1, 0.15) is 7.85 Å². The number of allylic oxidation sites excluding steroid dienone is 5. The van der Waals surface area contributed by atoms with Gasteiger partial charge in [-0.15, -0.1) is 0 Å². The van der Waals surface area contributed by atoms with E-state index in [1.165, 1.54) is 12.8 Å². The molecule has 0 bridgehead atoms. The van der Waals surface area contributed by atoms with E-state index in [-0.39, 0.29) is 0 Å². The Kier molecular flexibility index (Phi) is 6.39. The zero-order chi connectivity index (χ0) is 10.3. The normalized spacial score (nSPS) is 15.6. The van der Waals surface area contributed by atoms with E-state index in [1.807, 2.05) is 19.1 Å². The summed E-state index contributed by atoms with van der Waals surface area (Å²) in [5.74, 6) is 0.580. The van der Waals surface area contributed by atoms with Crippen molar-refractivity contribution in [2.45, 2.75) is 33.6 Å². The molecule has 0 aliphatic rings. The maximum atomic E-state index is 5.79. The van der Waals surface area contributed by atoms with E-state index in [0.29, 0.717) is 5.92 Å². The summed E-state index contributed by atoms with van der Waals surface area (Å²) in [7, 11) is 5.79.